The fourth-order valence-corrected chi connectivity index (χ4v) is 2.90. The van der Waals surface area contributed by atoms with Gasteiger partial charge in [0.25, 0.3) is 0 Å². The molecule has 0 spiro atoms. The summed E-state index contributed by atoms with van der Waals surface area (Å²) in [4.78, 5) is 1.93. The SMILES string of the molecule is Nc1ccc(N2CCS(=O)(=O)CC2)cc1O. The molecule has 2 rings (SSSR count). The highest BCUT2D eigenvalue weighted by molar-refractivity contribution is 7.91. The molecule has 0 aliphatic carbocycles. The Labute approximate surface area is 94.4 Å². The van der Waals surface area contributed by atoms with E-state index in [1.807, 2.05) is 4.90 Å². The highest BCUT2D eigenvalue weighted by Crippen LogP contribution is 2.27. The molecule has 1 heterocycles. The van der Waals surface area contributed by atoms with Crippen molar-refractivity contribution in [2.45, 2.75) is 0 Å². The molecule has 0 saturated carbocycles. The van der Waals surface area contributed by atoms with Crippen LogP contribution in [0.15, 0.2) is 18.2 Å². The summed E-state index contributed by atoms with van der Waals surface area (Å²) in [6.07, 6.45) is 0. The van der Waals surface area contributed by atoms with E-state index >= 15 is 0 Å². The summed E-state index contributed by atoms with van der Waals surface area (Å²) in [5.74, 6) is 0.363. The molecule has 0 bridgehead atoms. The summed E-state index contributed by atoms with van der Waals surface area (Å²) in [6.45, 7) is 0.928. The third-order valence-corrected chi connectivity index (χ3v) is 4.33. The smallest absolute Gasteiger partial charge is 0.153 e. The molecule has 1 aliphatic rings. The lowest BCUT2D eigenvalue weighted by atomic mass is 10.2. The normalized spacial score (nSPS) is 19.6. The first kappa shape index (κ1) is 11.1. The molecular formula is C10H14N2O3S. The van der Waals surface area contributed by atoms with E-state index in [-0.39, 0.29) is 17.3 Å². The van der Waals surface area contributed by atoms with Crippen LogP contribution >= 0.6 is 0 Å². The first-order valence-electron chi connectivity index (χ1n) is 5.02. The van der Waals surface area contributed by atoms with Crippen molar-refractivity contribution in [3.8, 4) is 5.75 Å². The van der Waals surface area contributed by atoms with Gasteiger partial charge in [0.2, 0.25) is 0 Å². The Balaban J connectivity index is 2.17. The number of hydrogen-bond acceptors (Lipinski definition) is 5. The molecule has 1 aromatic rings. The predicted octanol–water partition coefficient (Wildman–Crippen LogP) is 0.209. The van der Waals surface area contributed by atoms with Crippen molar-refractivity contribution in [1.82, 2.24) is 0 Å². The van der Waals surface area contributed by atoms with Gasteiger partial charge in [0.05, 0.1) is 17.2 Å². The van der Waals surface area contributed by atoms with Crippen molar-refractivity contribution in [2.24, 2.45) is 0 Å². The van der Waals surface area contributed by atoms with E-state index in [0.717, 1.165) is 5.69 Å². The number of nitrogens with zero attached hydrogens (tertiary/aromatic N) is 1. The summed E-state index contributed by atoms with van der Waals surface area (Å²) in [5, 5.41) is 9.46. The van der Waals surface area contributed by atoms with Gasteiger partial charge in [-0.1, -0.05) is 0 Å². The Hall–Kier alpha value is -1.43. The second kappa shape index (κ2) is 3.86. The molecule has 1 aliphatic heterocycles. The van der Waals surface area contributed by atoms with E-state index in [1.165, 1.54) is 0 Å². The minimum atomic E-state index is -2.87. The van der Waals surface area contributed by atoms with E-state index in [0.29, 0.717) is 18.8 Å². The van der Waals surface area contributed by atoms with Crippen molar-refractivity contribution in [2.75, 3.05) is 35.2 Å². The average Bonchev–Trinajstić information content (AvgIpc) is 2.22. The van der Waals surface area contributed by atoms with Crippen LogP contribution in [0.4, 0.5) is 11.4 Å². The summed E-state index contributed by atoms with van der Waals surface area (Å²) in [5.41, 5.74) is 6.63. The summed E-state index contributed by atoms with van der Waals surface area (Å²) >= 11 is 0. The fraction of sp³-hybridized carbons (Fsp3) is 0.400. The summed E-state index contributed by atoms with van der Waals surface area (Å²) in [6, 6.07) is 4.97. The Kier molecular flexibility index (Phi) is 2.67. The zero-order valence-corrected chi connectivity index (χ0v) is 9.57. The van der Waals surface area contributed by atoms with Crippen LogP contribution in [-0.4, -0.2) is 38.1 Å². The number of phenolic OH excluding ortho intramolecular Hbond substituents is 1. The largest absolute Gasteiger partial charge is 0.506 e. The van der Waals surface area contributed by atoms with Crippen LogP contribution in [0.25, 0.3) is 0 Å². The summed E-state index contributed by atoms with van der Waals surface area (Å²) < 4.78 is 22.5. The maximum Gasteiger partial charge on any atom is 0.153 e. The molecule has 1 aromatic carbocycles. The Morgan fingerprint density at radius 2 is 1.88 bits per heavy atom. The molecule has 0 amide bonds. The maximum atomic E-state index is 11.3. The lowest BCUT2D eigenvalue weighted by Gasteiger charge is -2.28. The Bertz CT molecular complexity index is 485. The van der Waals surface area contributed by atoms with Crippen LogP contribution in [0.3, 0.4) is 0 Å². The van der Waals surface area contributed by atoms with Crippen LogP contribution in [0, 0.1) is 0 Å². The fourth-order valence-electron chi connectivity index (χ4n) is 1.70. The van der Waals surface area contributed by atoms with Crippen molar-refractivity contribution < 1.29 is 13.5 Å². The van der Waals surface area contributed by atoms with Crippen LogP contribution in [0.2, 0.25) is 0 Å². The van der Waals surface area contributed by atoms with Gasteiger partial charge in [0.15, 0.2) is 9.84 Å². The van der Waals surface area contributed by atoms with Crippen LogP contribution in [0.1, 0.15) is 0 Å². The molecule has 1 fully saturated rings. The number of phenols is 1. The number of nitrogens with two attached hydrogens (primary N) is 1. The molecule has 0 aromatic heterocycles. The van der Waals surface area contributed by atoms with Crippen LogP contribution in [0.5, 0.6) is 5.75 Å². The topological polar surface area (TPSA) is 83.6 Å². The molecular weight excluding hydrogens is 228 g/mol. The number of nitrogen functional groups attached to an aromatic ring is 1. The predicted molar refractivity (Wildman–Crippen MR) is 63.4 cm³/mol. The van der Waals surface area contributed by atoms with Gasteiger partial charge in [-0.05, 0) is 12.1 Å². The van der Waals surface area contributed by atoms with Gasteiger partial charge in [0, 0.05) is 24.8 Å². The van der Waals surface area contributed by atoms with E-state index < -0.39 is 9.84 Å². The molecule has 1 saturated heterocycles. The van der Waals surface area contributed by atoms with E-state index in [4.69, 9.17) is 5.73 Å². The zero-order chi connectivity index (χ0) is 11.8. The molecule has 88 valence electrons. The van der Waals surface area contributed by atoms with Gasteiger partial charge in [-0.2, -0.15) is 0 Å². The standard InChI is InChI=1S/C10H14N2O3S/c11-9-2-1-8(7-10(9)13)12-3-5-16(14,15)6-4-12/h1-2,7,13H,3-6,11H2. The third kappa shape index (κ3) is 2.21. The van der Waals surface area contributed by atoms with Crippen molar-refractivity contribution in [3.05, 3.63) is 18.2 Å². The highest BCUT2D eigenvalue weighted by Gasteiger charge is 2.21. The maximum absolute atomic E-state index is 11.3. The molecule has 0 unspecified atom stereocenters. The lowest BCUT2D eigenvalue weighted by Crippen LogP contribution is -2.40. The lowest BCUT2D eigenvalue weighted by molar-refractivity contribution is 0.478. The number of rotatable bonds is 1. The van der Waals surface area contributed by atoms with Crippen molar-refractivity contribution >= 4 is 21.2 Å². The number of hydrogen-bond donors (Lipinski definition) is 2. The van der Waals surface area contributed by atoms with Gasteiger partial charge in [-0.25, -0.2) is 8.42 Å². The number of aromatic hydroxyl groups is 1. The van der Waals surface area contributed by atoms with Gasteiger partial charge < -0.3 is 15.7 Å². The third-order valence-electron chi connectivity index (χ3n) is 2.72. The van der Waals surface area contributed by atoms with Crippen LogP contribution < -0.4 is 10.6 Å². The van der Waals surface area contributed by atoms with Crippen molar-refractivity contribution in [3.63, 3.8) is 0 Å². The van der Waals surface area contributed by atoms with Crippen LogP contribution in [-0.2, 0) is 9.84 Å². The highest BCUT2D eigenvalue weighted by atomic mass is 32.2. The average molecular weight is 242 g/mol. The van der Waals surface area contributed by atoms with Gasteiger partial charge in [-0.3, -0.25) is 0 Å². The first-order chi connectivity index (χ1) is 7.48. The second-order valence-corrected chi connectivity index (χ2v) is 6.19. The van der Waals surface area contributed by atoms with Gasteiger partial charge in [0.1, 0.15) is 5.75 Å². The van der Waals surface area contributed by atoms with Crippen molar-refractivity contribution in [1.29, 1.82) is 0 Å². The Morgan fingerprint density at radius 3 is 2.44 bits per heavy atom. The van der Waals surface area contributed by atoms with E-state index in [9.17, 15) is 13.5 Å². The summed E-state index contributed by atoms with van der Waals surface area (Å²) in [7, 11) is -2.87. The number of anilines is 2. The first-order valence-corrected chi connectivity index (χ1v) is 6.84. The molecule has 5 nitrogen and oxygen atoms in total. The molecule has 0 radical (unpaired) electrons. The van der Waals surface area contributed by atoms with E-state index in [2.05, 4.69) is 0 Å². The molecule has 16 heavy (non-hydrogen) atoms. The number of benzene rings is 1. The van der Waals surface area contributed by atoms with Gasteiger partial charge in [-0.15, -0.1) is 0 Å². The zero-order valence-electron chi connectivity index (χ0n) is 8.76. The molecule has 0 atom stereocenters. The minimum Gasteiger partial charge on any atom is -0.506 e. The monoisotopic (exact) mass is 242 g/mol. The quantitative estimate of drug-likeness (QED) is 0.543. The minimum absolute atomic E-state index is 0.0333. The van der Waals surface area contributed by atoms with E-state index in [1.54, 1.807) is 18.2 Å². The Morgan fingerprint density at radius 1 is 1.25 bits per heavy atom. The molecule has 3 N–H and O–H groups in total. The number of sulfone groups is 1. The van der Waals surface area contributed by atoms with Gasteiger partial charge >= 0.3 is 0 Å². The second-order valence-electron chi connectivity index (χ2n) is 3.88. The molecule has 6 heteroatoms.